The maximum absolute atomic E-state index is 12.7. The number of carboxylic acid groups (broad SMARTS) is 1. The zero-order chi connectivity index (χ0) is 23.3. The molecule has 0 radical (unpaired) electrons. The highest BCUT2D eigenvalue weighted by Gasteiger charge is 2.41. The van der Waals surface area contributed by atoms with E-state index in [9.17, 15) is 9.59 Å². The number of aryl methyl sites for hydroxylation is 1. The van der Waals surface area contributed by atoms with E-state index in [1.807, 2.05) is 36.6 Å². The van der Waals surface area contributed by atoms with Crippen LogP contribution < -0.4 is 21.5 Å². The zero-order valence-electron chi connectivity index (χ0n) is 18.4. The van der Waals surface area contributed by atoms with Gasteiger partial charge in [-0.25, -0.2) is 4.98 Å². The lowest BCUT2D eigenvalue weighted by atomic mass is 9.78. The number of amides is 1. The predicted octanol–water partition coefficient (Wildman–Crippen LogP) is 1.31. The molecule has 2 aliphatic heterocycles. The van der Waals surface area contributed by atoms with E-state index in [-0.39, 0.29) is 41.8 Å². The molecule has 32 heavy (non-hydrogen) atoms. The maximum Gasteiger partial charge on any atom is 0.290 e. The molecule has 3 atom stereocenters. The molecule has 0 saturated carbocycles. The second kappa shape index (κ2) is 10.3. The number of fused-ring (bicyclic) bond motifs is 4. The van der Waals surface area contributed by atoms with Gasteiger partial charge in [0.25, 0.3) is 12.0 Å². The van der Waals surface area contributed by atoms with Gasteiger partial charge in [-0.1, -0.05) is 13.0 Å². The van der Waals surface area contributed by atoms with E-state index in [1.54, 1.807) is 6.07 Å². The summed E-state index contributed by atoms with van der Waals surface area (Å²) in [7, 11) is 0. The van der Waals surface area contributed by atoms with Gasteiger partial charge >= 0.3 is 0 Å². The molecule has 0 spiro atoms. The number of nitrogen functional groups attached to an aromatic ring is 1. The molecule has 172 valence electrons. The van der Waals surface area contributed by atoms with Gasteiger partial charge in [0.1, 0.15) is 5.82 Å². The van der Waals surface area contributed by atoms with Crippen LogP contribution in [0.2, 0.25) is 0 Å². The van der Waals surface area contributed by atoms with Crippen molar-refractivity contribution in [2.45, 2.75) is 45.1 Å². The molecule has 1 amide bonds. The van der Waals surface area contributed by atoms with Gasteiger partial charge in [-0.2, -0.15) is 4.98 Å². The van der Waals surface area contributed by atoms with Crippen molar-refractivity contribution in [3.05, 3.63) is 46.0 Å². The third kappa shape index (κ3) is 5.06. The SMILES string of the molecule is CCCC(=O)NC[C@H]1[C@H]2C[C@H](CN(c3cc(C)nc(N)n3)C2)c2cccc(=O)n21.O=CO. The van der Waals surface area contributed by atoms with Crippen molar-refractivity contribution in [3.63, 3.8) is 0 Å². The third-order valence-electron chi connectivity index (χ3n) is 5.97. The van der Waals surface area contributed by atoms with E-state index in [2.05, 4.69) is 20.2 Å². The fourth-order valence-electron chi connectivity index (χ4n) is 4.76. The Hall–Kier alpha value is -3.43. The fourth-order valence-corrected chi connectivity index (χ4v) is 4.76. The van der Waals surface area contributed by atoms with Gasteiger partial charge in [-0.05, 0) is 31.7 Å². The number of nitrogens with one attached hydrogen (secondary N) is 1. The molecular formula is C22H30N6O4. The van der Waals surface area contributed by atoms with Crippen LogP contribution in [0.1, 0.15) is 49.5 Å². The van der Waals surface area contributed by atoms with Crippen molar-refractivity contribution in [2.75, 3.05) is 30.3 Å². The molecule has 10 heteroatoms. The number of nitrogens with two attached hydrogens (primary N) is 1. The zero-order valence-corrected chi connectivity index (χ0v) is 18.4. The summed E-state index contributed by atoms with van der Waals surface area (Å²) >= 11 is 0. The van der Waals surface area contributed by atoms with Crippen LogP contribution >= 0.6 is 0 Å². The molecule has 0 unspecified atom stereocenters. The first kappa shape index (κ1) is 23.2. The first-order valence-corrected chi connectivity index (χ1v) is 10.8. The van der Waals surface area contributed by atoms with Crippen molar-refractivity contribution < 1.29 is 14.7 Å². The second-order valence-electron chi connectivity index (χ2n) is 8.21. The summed E-state index contributed by atoms with van der Waals surface area (Å²) in [4.78, 5) is 44.0. The fraction of sp³-hybridized carbons (Fsp3) is 0.500. The molecule has 4 rings (SSSR count). The largest absolute Gasteiger partial charge is 0.483 e. The van der Waals surface area contributed by atoms with Crippen molar-refractivity contribution in [3.8, 4) is 0 Å². The van der Waals surface area contributed by atoms with E-state index in [0.29, 0.717) is 13.0 Å². The summed E-state index contributed by atoms with van der Waals surface area (Å²) in [6, 6.07) is 7.35. The topological polar surface area (TPSA) is 143 Å². The average Bonchev–Trinajstić information content (AvgIpc) is 2.74. The number of hydrogen-bond acceptors (Lipinski definition) is 7. The minimum absolute atomic E-state index is 0.00233. The molecule has 2 aliphatic rings. The van der Waals surface area contributed by atoms with Crippen LogP contribution in [0.4, 0.5) is 11.8 Å². The van der Waals surface area contributed by atoms with Gasteiger partial charge in [0.15, 0.2) is 0 Å². The number of carbonyl (C=O) groups excluding carboxylic acids is 1. The number of pyridine rings is 1. The number of aromatic nitrogens is 3. The Labute approximate surface area is 186 Å². The number of rotatable bonds is 5. The van der Waals surface area contributed by atoms with E-state index in [1.165, 1.54) is 0 Å². The summed E-state index contributed by atoms with van der Waals surface area (Å²) in [5.41, 5.74) is 7.75. The summed E-state index contributed by atoms with van der Waals surface area (Å²) in [5, 5.41) is 9.92. The van der Waals surface area contributed by atoms with Crippen LogP contribution in [0.3, 0.4) is 0 Å². The molecule has 4 heterocycles. The molecule has 0 aromatic carbocycles. The van der Waals surface area contributed by atoms with Crippen molar-refractivity contribution in [1.29, 1.82) is 0 Å². The normalized spacial score (nSPS) is 21.1. The Morgan fingerprint density at radius 3 is 2.78 bits per heavy atom. The lowest BCUT2D eigenvalue weighted by molar-refractivity contribution is -0.123. The van der Waals surface area contributed by atoms with Crippen LogP contribution in [0.15, 0.2) is 29.1 Å². The highest BCUT2D eigenvalue weighted by atomic mass is 16.3. The molecule has 4 N–H and O–H groups in total. The first-order valence-electron chi connectivity index (χ1n) is 10.8. The predicted molar refractivity (Wildman–Crippen MR) is 121 cm³/mol. The first-order chi connectivity index (χ1) is 15.4. The molecule has 2 aromatic heterocycles. The number of anilines is 2. The van der Waals surface area contributed by atoms with Crippen molar-refractivity contribution in [1.82, 2.24) is 19.9 Å². The van der Waals surface area contributed by atoms with E-state index in [0.717, 1.165) is 43.1 Å². The maximum atomic E-state index is 12.7. The standard InChI is InChI=1S/C21H28N6O2.CH2O2/c1-3-5-19(28)23-10-17-15-9-14(16-6-4-7-20(29)27(16)17)11-26(12-15)18-8-13(2)24-21(22)25-18;2-1-3/h4,6-8,14-15,17H,3,5,9-12H2,1-2H3,(H,23,28)(H2,22,24,25);1H,(H,2,3)/t14-,15+,17+;/m1./s1. The summed E-state index contributed by atoms with van der Waals surface area (Å²) < 4.78 is 1.90. The van der Waals surface area contributed by atoms with E-state index < -0.39 is 0 Å². The molecular weight excluding hydrogens is 412 g/mol. The van der Waals surface area contributed by atoms with Crippen LogP contribution in [0.25, 0.3) is 0 Å². The molecule has 1 saturated heterocycles. The number of hydrogen-bond donors (Lipinski definition) is 3. The Kier molecular flexibility index (Phi) is 7.45. The third-order valence-corrected chi connectivity index (χ3v) is 5.97. The van der Waals surface area contributed by atoms with E-state index in [4.69, 9.17) is 15.6 Å². The summed E-state index contributed by atoms with van der Waals surface area (Å²) in [6.07, 6.45) is 2.30. The summed E-state index contributed by atoms with van der Waals surface area (Å²) in [5.74, 6) is 1.61. The lowest BCUT2D eigenvalue weighted by Crippen LogP contribution is -2.52. The number of carbonyl (C=O) groups is 2. The Morgan fingerprint density at radius 1 is 1.34 bits per heavy atom. The van der Waals surface area contributed by atoms with Crippen LogP contribution in [0, 0.1) is 12.8 Å². The van der Waals surface area contributed by atoms with Gasteiger partial charge in [0.05, 0.1) is 6.04 Å². The number of nitrogens with zero attached hydrogens (tertiary/aromatic N) is 4. The molecule has 10 nitrogen and oxygen atoms in total. The van der Waals surface area contributed by atoms with Crippen LogP contribution in [-0.4, -0.2) is 51.7 Å². The molecule has 2 aromatic rings. The Morgan fingerprint density at radius 2 is 2.09 bits per heavy atom. The average molecular weight is 443 g/mol. The van der Waals surface area contributed by atoms with Crippen molar-refractivity contribution in [2.24, 2.45) is 5.92 Å². The van der Waals surface area contributed by atoms with E-state index >= 15 is 0 Å². The highest BCUT2D eigenvalue weighted by Crippen LogP contribution is 2.41. The number of piperidine rings is 1. The van der Waals surface area contributed by atoms with Crippen LogP contribution in [-0.2, 0) is 9.59 Å². The minimum Gasteiger partial charge on any atom is -0.483 e. The van der Waals surface area contributed by atoms with Gasteiger partial charge in [-0.15, -0.1) is 0 Å². The second-order valence-corrected chi connectivity index (χ2v) is 8.21. The monoisotopic (exact) mass is 442 g/mol. The highest BCUT2D eigenvalue weighted by molar-refractivity contribution is 5.75. The van der Waals surface area contributed by atoms with Gasteiger partial charge in [-0.3, -0.25) is 14.4 Å². The summed E-state index contributed by atoms with van der Waals surface area (Å²) in [6.45, 7) is 5.66. The molecule has 2 bridgehead atoms. The van der Waals surface area contributed by atoms with Crippen LogP contribution in [0.5, 0.6) is 0 Å². The quantitative estimate of drug-likeness (QED) is 0.588. The Balaban J connectivity index is 0.000000913. The molecule has 0 aliphatic carbocycles. The minimum atomic E-state index is -0.250. The van der Waals surface area contributed by atoms with Crippen molar-refractivity contribution >= 4 is 24.1 Å². The Bertz CT molecular complexity index is 1000. The van der Waals surface area contributed by atoms with Gasteiger partial charge in [0, 0.05) is 55.5 Å². The van der Waals surface area contributed by atoms with Gasteiger partial charge in [0.2, 0.25) is 11.9 Å². The lowest BCUT2D eigenvalue weighted by Gasteiger charge is -2.47. The molecule has 1 fully saturated rings. The smallest absolute Gasteiger partial charge is 0.290 e. The van der Waals surface area contributed by atoms with Gasteiger partial charge < -0.3 is 25.6 Å².